The van der Waals surface area contributed by atoms with E-state index in [1.165, 1.54) is 6.08 Å². The molecule has 0 saturated heterocycles. The lowest BCUT2D eigenvalue weighted by molar-refractivity contribution is -0.116. The maximum atomic E-state index is 13.0. The summed E-state index contributed by atoms with van der Waals surface area (Å²) < 4.78 is 3.33. The molecule has 2 heterocycles. The van der Waals surface area contributed by atoms with Gasteiger partial charge >= 0.3 is 5.69 Å². The number of pyridine rings is 1. The van der Waals surface area contributed by atoms with Crippen LogP contribution in [0.15, 0.2) is 89.9 Å². The predicted octanol–water partition coefficient (Wildman–Crippen LogP) is 3.08. The molecule has 0 fully saturated rings. The van der Waals surface area contributed by atoms with E-state index in [9.17, 15) is 9.59 Å². The first-order chi connectivity index (χ1) is 14.7. The van der Waals surface area contributed by atoms with Crippen LogP contribution in [0.4, 0.5) is 0 Å². The number of aromatic nitrogens is 3. The average molecular weight is 398 g/mol. The SMILES string of the molecule is O=C(/C=C/c1ccccc1)NCCn1c(=O)n(Cc2ccccc2)c2cccnc21. The van der Waals surface area contributed by atoms with Crippen molar-refractivity contribution >= 4 is 23.1 Å². The van der Waals surface area contributed by atoms with Crippen molar-refractivity contribution in [3.63, 3.8) is 0 Å². The smallest absolute Gasteiger partial charge is 0.330 e. The van der Waals surface area contributed by atoms with Gasteiger partial charge in [0.2, 0.25) is 5.91 Å². The zero-order valence-corrected chi connectivity index (χ0v) is 16.4. The molecule has 0 unspecified atom stereocenters. The molecule has 4 rings (SSSR count). The second-order valence-corrected chi connectivity index (χ2v) is 6.89. The van der Waals surface area contributed by atoms with Gasteiger partial charge in [-0.3, -0.25) is 13.9 Å². The summed E-state index contributed by atoms with van der Waals surface area (Å²) in [4.78, 5) is 29.5. The summed E-state index contributed by atoms with van der Waals surface area (Å²) in [7, 11) is 0. The van der Waals surface area contributed by atoms with E-state index in [2.05, 4.69) is 10.3 Å². The minimum absolute atomic E-state index is 0.137. The molecule has 6 nitrogen and oxygen atoms in total. The van der Waals surface area contributed by atoms with E-state index in [4.69, 9.17) is 0 Å². The van der Waals surface area contributed by atoms with Crippen molar-refractivity contribution < 1.29 is 4.79 Å². The zero-order chi connectivity index (χ0) is 20.8. The van der Waals surface area contributed by atoms with Crippen molar-refractivity contribution in [2.75, 3.05) is 6.54 Å². The molecule has 1 amide bonds. The Bertz CT molecular complexity index is 1220. The Labute approximate surface area is 174 Å². The highest BCUT2D eigenvalue weighted by molar-refractivity contribution is 5.91. The Morgan fingerprint density at radius 1 is 0.933 bits per heavy atom. The Balaban J connectivity index is 1.48. The number of fused-ring (bicyclic) bond motifs is 1. The molecule has 0 aliphatic heterocycles. The number of hydrogen-bond donors (Lipinski definition) is 1. The van der Waals surface area contributed by atoms with Gasteiger partial charge in [-0.15, -0.1) is 0 Å². The Morgan fingerprint density at radius 2 is 1.67 bits per heavy atom. The molecule has 2 aromatic carbocycles. The highest BCUT2D eigenvalue weighted by Gasteiger charge is 2.14. The van der Waals surface area contributed by atoms with Crippen LogP contribution in [0.2, 0.25) is 0 Å². The van der Waals surface area contributed by atoms with Gasteiger partial charge in [0.1, 0.15) is 0 Å². The van der Waals surface area contributed by atoms with Crippen molar-refractivity contribution in [3.8, 4) is 0 Å². The van der Waals surface area contributed by atoms with Crippen LogP contribution in [0.25, 0.3) is 17.2 Å². The highest BCUT2D eigenvalue weighted by atomic mass is 16.2. The van der Waals surface area contributed by atoms with Crippen LogP contribution in [0, 0.1) is 0 Å². The third-order valence-corrected chi connectivity index (χ3v) is 4.82. The lowest BCUT2D eigenvalue weighted by atomic mass is 10.2. The van der Waals surface area contributed by atoms with Crippen LogP contribution in [-0.2, 0) is 17.9 Å². The largest absolute Gasteiger partial charge is 0.351 e. The fourth-order valence-corrected chi connectivity index (χ4v) is 3.35. The normalized spacial score (nSPS) is 11.2. The molecular weight excluding hydrogens is 376 g/mol. The minimum atomic E-state index is -0.201. The van der Waals surface area contributed by atoms with E-state index >= 15 is 0 Å². The molecular formula is C24H22N4O2. The Morgan fingerprint density at radius 3 is 2.43 bits per heavy atom. The summed E-state index contributed by atoms with van der Waals surface area (Å²) in [5.74, 6) is -0.201. The monoisotopic (exact) mass is 398 g/mol. The molecule has 0 atom stereocenters. The lowest BCUT2D eigenvalue weighted by Crippen LogP contribution is -2.31. The molecule has 0 aliphatic carbocycles. The second kappa shape index (κ2) is 9.05. The minimum Gasteiger partial charge on any atom is -0.351 e. The van der Waals surface area contributed by atoms with Crippen molar-refractivity contribution in [3.05, 3.63) is 107 Å². The molecule has 0 spiro atoms. The number of carbonyl (C=O) groups excluding carboxylic acids is 1. The van der Waals surface area contributed by atoms with Crippen LogP contribution >= 0.6 is 0 Å². The van der Waals surface area contributed by atoms with Gasteiger partial charge in [0, 0.05) is 25.4 Å². The number of nitrogens with zero attached hydrogens (tertiary/aromatic N) is 3. The third kappa shape index (κ3) is 4.38. The van der Waals surface area contributed by atoms with E-state index in [0.717, 1.165) is 16.6 Å². The maximum absolute atomic E-state index is 13.0. The van der Waals surface area contributed by atoms with Crippen molar-refractivity contribution in [2.24, 2.45) is 0 Å². The summed E-state index contributed by atoms with van der Waals surface area (Å²) in [5, 5.41) is 2.83. The van der Waals surface area contributed by atoms with Crippen LogP contribution in [0.5, 0.6) is 0 Å². The number of amides is 1. The molecule has 0 saturated carbocycles. The fraction of sp³-hybridized carbons (Fsp3) is 0.125. The molecule has 6 heteroatoms. The van der Waals surface area contributed by atoms with E-state index in [-0.39, 0.29) is 11.6 Å². The van der Waals surface area contributed by atoms with Crippen LogP contribution in [-0.4, -0.2) is 26.6 Å². The van der Waals surface area contributed by atoms with Gasteiger partial charge < -0.3 is 5.32 Å². The number of hydrogen-bond acceptors (Lipinski definition) is 3. The lowest BCUT2D eigenvalue weighted by Gasteiger charge is -2.04. The molecule has 2 aromatic heterocycles. The second-order valence-electron chi connectivity index (χ2n) is 6.89. The summed E-state index contributed by atoms with van der Waals surface area (Å²) in [6.45, 7) is 1.15. The molecule has 0 radical (unpaired) electrons. The van der Waals surface area contributed by atoms with E-state index in [1.54, 1.807) is 21.4 Å². The summed E-state index contributed by atoms with van der Waals surface area (Å²) >= 11 is 0. The quantitative estimate of drug-likeness (QED) is 0.487. The van der Waals surface area contributed by atoms with Gasteiger partial charge in [-0.2, -0.15) is 0 Å². The van der Waals surface area contributed by atoms with E-state index in [0.29, 0.717) is 25.3 Å². The van der Waals surface area contributed by atoms with Gasteiger partial charge in [-0.25, -0.2) is 9.78 Å². The highest BCUT2D eigenvalue weighted by Crippen LogP contribution is 2.12. The van der Waals surface area contributed by atoms with Crippen LogP contribution < -0.4 is 11.0 Å². The van der Waals surface area contributed by atoms with Gasteiger partial charge in [0.25, 0.3) is 0 Å². The first-order valence-corrected chi connectivity index (χ1v) is 9.81. The molecule has 1 N–H and O–H groups in total. The first-order valence-electron chi connectivity index (χ1n) is 9.81. The van der Waals surface area contributed by atoms with Gasteiger partial charge in [-0.1, -0.05) is 60.7 Å². The molecule has 30 heavy (non-hydrogen) atoms. The third-order valence-electron chi connectivity index (χ3n) is 4.82. The number of imidazole rings is 1. The molecule has 150 valence electrons. The van der Waals surface area contributed by atoms with Gasteiger partial charge in [0.05, 0.1) is 12.1 Å². The van der Waals surface area contributed by atoms with Crippen molar-refractivity contribution in [1.82, 2.24) is 19.4 Å². The van der Waals surface area contributed by atoms with Gasteiger partial charge in [-0.05, 0) is 29.3 Å². The zero-order valence-electron chi connectivity index (χ0n) is 16.4. The maximum Gasteiger partial charge on any atom is 0.330 e. The number of carbonyl (C=O) groups is 1. The number of benzene rings is 2. The molecule has 0 bridgehead atoms. The fourth-order valence-electron chi connectivity index (χ4n) is 3.35. The first kappa shape index (κ1) is 19.4. The van der Waals surface area contributed by atoms with Gasteiger partial charge in [0.15, 0.2) is 5.65 Å². The average Bonchev–Trinajstić information content (AvgIpc) is 3.05. The van der Waals surface area contributed by atoms with E-state index in [1.807, 2.05) is 72.8 Å². The Kier molecular flexibility index (Phi) is 5.85. The Hall–Kier alpha value is -3.93. The molecule has 4 aromatic rings. The summed E-state index contributed by atoms with van der Waals surface area (Å²) in [6.07, 6.45) is 4.93. The standard InChI is InChI=1S/C24H22N4O2/c29-22(14-13-19-8-3-1-4-9-19)25-16-17-27-23-21(12-7-15-26-23)28(24(27)30)18-20-10-5-2-6-11-20/h1-15H,16-18H2,(H,25,29)/b14-13+. The predicted molar refractivity (Wildman–Crippen MR) is 118 cm³/mol. The topological polar surface area (TPSA) is 68.9 Å². The summed E-state index contributed by atoms with van der Waals surface area (Å²) in [6, 6.07) is 23.2. The van der Waals surface area contributed by atoms with E-state index < -0.39 is 0 Å². The van der Waals surface area contributed by atoms with Crippen molar-refractivity contribution in [1.29, 1.82) is 0 Å². The molecule has 0 aliphatic rings. The van der Waals surface area contributed by atoms with Crippen LogP contribution in [0.3, 0.4) is 0 Å². The van der Waals surface area contributed by atoms with Crippen molar-refractivity contribution in [2.45, 2.75) is 13.1 Å². The van der Waals surface area contributed by atoms with Crippen LogP contribution in [0.1, 0.15) is 11.1 Å². The number of nitrogens with one attached hydrogen (secondary N) is 1. The number of rotatable bonds is 7. The summed E-state index contributed by atoms with van der Waals surface area (Å²) in [5.41, 5.74) is 3.26.